The maximum Gasteiger partial charge on any atom is 0.137 e. The summed E-state index contributed by atoms with van der Waals surface area (Å²) in [4.78, 5) is 9.25. The van der Waals surface area contributed by atoms with Gasteiger partial charge in [-0.25, -0.2) is 14.4 Å². The highest BCUT2D eigenvalue weighted by Crippen LogP contribution is 2.42. The minimum absolute atomic E-state index is 0.0357. The number of aliphatic hydroxyl groups is 1. The number of alkyl halides is 1. The lowest BCUT2D eigenvalue weighted by Crippen LogP contribution is -2.33. The summed E-state index contributed by atoms with van der Waals surface area (Å²) in [5.41, 5.74) is 4.68. The fourth-order valence-corrected chi connectivity index (χ4v) is 4.26. The van der Waals surface area contributed by atoms with Crippen LogP contribution in [-0.4, -0.2) is 31.7 Å². The third-order valence-electron chi connectivity index (χ3n) is 5.98. The van der Waals surface area contributed by atoms with Crippen LogP contribution in [0.5, 0.6) is 0 Å². The summed E-state index contributed by atoms with van der Waals surface area (Å²) in [6.45, 7) is 0.0357. The standard InChI is InChI=1S/C22H25FN4O/c23-17-4-1-2-5-18(17)25-21-7-3-6-19(26-21)20-11-24-22-10-15(13-28)16(12-27(20)22)14-8-9-14/h3,6-7,10-12,14,17-18,28H,1-2,4-5,8-9,13H2,(H,25,26)/t17-,18-/m0/s1. The fraction of sp³-hybridized carbons (Fsp3) is 0.455. The number of pyridine rings is 2. The molecule has 6 heteroatoms. The van der Waals surface area contributed by atoms with Crippen LogP contribution >= 0.6 is 0 Å². The summed E-state index contributed by atoms with van der Waals surface area (Å²) < 4.78 is 16.2. The van der Waals surface area contributed by atoms with Crippen molar-refractivity contribution in [2.45, 2.75) is 63.3 Å². The van der Waals surface area contributed by atoms with Gasteiger partial charge in [0, 0.05) is 6.20 Å². The highest BCUT2D eigenvalue weighted by atomic mass is 19.1. The lowest BCUT2D eigenvalue weighted by molar-refractivity contribution is 0.229. The predicted octanol–water partition coefficient (Wildman–Crippen LogP) is 4.46. The molecule has 3 heterocycles. The van der Waals surface area contributed by atoms with E-state index in [0.29, 0.717) is 18.2 Å². The Hall–Kier alpha value is -2.47. The van der Waals surface area contributed by atoms with Crippen molar-refractivity contribution in [1.29, 1.82) is 0 Å². The Balaban J connectivity index is 1.49. The molecule has 2 aliphatic rings. The highest BCUT2D eigenvalue weighted by molar-refractivity contribution is 5.63. The van der Waals surface area contributed by atoms with Crippen LogP contribution < -0.4 is 5.32 Å². The summed E-state index contributed by atoms with van der Waals surface area (Å²) in [6.07, 6.45) is 8.94. The number of hydrogen-bond donors (Lipinski definition) is 2. The van der Waals surface area contributed by atoms with Crippen molar-refractivity contribution in [3.63, 3.8) is 0 Å². The average molecular weight is 380 g/mol. The largest absolute Gasteiger partial charge is 0.392 e. The fourth-order valence-electron chi connectivity index (χ4n) is 4.26. The zero-order chi connectivity index (χ0) is 19.1. The molecule has 0 amide bonds. The van der Waals surface area contributed by atoms with E-state index >= 15 is 0 Å². The number of anilines is 1. The van der Waals surface area contributed by atoms with Crippen molar-refractivity contribution in [2.24, 2.45) is 0 Å². The molecular formula is C22H25FN4O. The molecule has 28 heavy (non-hydrogen) atoms. The molecule has 2 saturated carbocycles. The molecule has 0 bridgehead atoms. The van der Waals surface area contributed by atoms with Crippen LogP contribution in [0.3, 0.4) is 0 Å². The molecule has 2 aliphatic carbocycles. The first-order valence-corrected chi connectivity index (χ1v) is 10.2. The van der Waals surface area contributed by atoms with Gasteiger partial charge in [-0.3, -0.25) is 4.40 Å². The van der Waals surface area contributed by atoms with Crippen molar-refractivity contribution < 1.29 is 9.50 Å². The quantitative estimate of drug-likeness (QED) is 0.686. The van der Waals surface area contributed by atoms with Gasteiger partial charge in [-0.15, -0.1) is 0 Å². The van der Waals surface area contributed by atoms with E-state index in [4.69, 9.17) is 4.98 Å². The van der Waals surface area contributed by atoms with Crippen LogP contribution in [0.4, 0.5) is 10.2 Å². The molecule has 2 fully saturated rings. The summed E-state index contributed by atoms with van der Waals surface area (Å²) in [5.74, 6) is 1.24. The lowest BCUT2D eigenvalue weighted by Gasteiger charge is -2.27. The summed E-state index contributed by atoms with van der Waals surface area (Å²) in [5, 5.41) is 13.0. The van der Waals surface area contributed by atoms with Gasteiger partial charge < -0.3 is 10.4 Å². The van der Waals surface area contributed by atoms with Gasteiger partial charge in [0.15, 0.2) is 0 Å². The first kappa shape index (κ1) is 17.6. The van der Waals surface area contributed by atoms with Crippen molar-refractivity contribution >= 4 is 11.5 Å². The van der Waals surface area contributed by atoms with Crippen LogP contribution in [0.25, 0.3) is 17.0 Å². The molecule has 0 saturated heterocycles. The Morgan fingerprint density at radius 1 is 1.18 bits per heavy atom. The van der Waals surface area contributed by atoms with Gasteiger partial charge in [0.2, 0.25) is 0 Å². The topological polar surface area (TPSA) is 62.5 Å². The molecule has 0 aromatic carbocycles. The number of nitrogens with one attached hydrogen (secondary N) is 1. The minimum atomic E-state index is -0.812. The van der Waals surface area contributed by atoms with Gasteiger partial charge >= 0.3 is 0 Å². The van der Waals surface area contributed by atoms with Gasteiger partial charge in [0.05, 0.1) is 30.2 Å². The van der Waals surface area contributed by atoms with Crippen LogP contribution in [0.1, 0.15) is 55.6 Å². The van der Waals surface area contributed by atoms with Gasteiger partial charge in [-0.2, -0.15) is 0 Å². The Labute approximate surface area is 163 Å². The SMILES string of the molecule is OCc1cc2ncc(-c3cccc(N[C@H]4CCCC[C@@H]4F)n3)n2cc1C1CC1. The van der Waals surface area contributed by atoms with E-state index in [1.54, 1.807) is 0 Å². The van der Waals surface area contributed by atoms with E-state index in [1.807, 2.05) is 30.5 Å². The van der Waals surface area contributed by atoms with Crippen molar-refractivity contribution in [3.8, 4) is 11.4 Å². The molecule has 0 aliphatic heterocycles. The van der Waals surface area contributed by atoms with Gasteiger partial charge in [0.1, 0.15) is 17.6 Å². The Bertz CT molecular complexity index is 997. The van der Waals surface area contributed by atoms with Crippen LogP contribution in [0.2, 0.25) is 0 Å². The highest BCUT2D eigenvalue weighted by Gasteiger charge is 2.27. The zero-order valence-corrected chi connectivity index (χ0v) is 15.8. The number of aromatic nitrogens is 3. The maximum atomic E-state index is 14.2. The summed E-state index contributed by atoms with van der Waals surface area (Å²) in [6, 6.07) is 7.61. The second-order valence-electron chi connectivity index (χ2n) is 8.02. The first-order chi connectivity index (χ1) is 13.7. The van der Waals surface area contributed by atoms with Crippen LogP contribution in [-0.2, 0) is 6.61 Å². The number of nitrogens with zero attached hydrogens (tertiary/aromatic N) is 3. The third kappa shape index (κ3) is 3.26. The summed E-state index contributed by atoms with van der Waals surface area (Å²) in [7, 11) is 0. The molecule has 3 aromatic heterocycles. The van der Waals surface area contributed by atoms with Crippen LogP contribution in [0, 0.1) is 0 Å². The van der Waals surface area contributed by atoms with Crippen molar-refractivity contribution in [1.82, 2.24) is 14.4 Å². The molecule has 0 spiro atoms. The normalized spacial score (nSPS) is 22.5. The molecule has 3 aromatic rings. The minimum Gasteiger partial charge on any atom is -0.392 e. The van der Waals surface area contributed by atoms with E-state index in [1.165, 1.54) is 18.4 Å². The van der Waals surface area contributed by atoms with Gasteiger partial charge in [0.25, 0.3) is 0 Å². The van der Waals surface area contributed by atoms with Gasteiger partial charge in [-0.05, 0) is 60.9 Å². The molecule has 146 valence electrons. The van der Waals surface area contributed by atoms with Crippen molar-refractivity contribution in [2.75, 3.05) is 5.32 Å². The number of aliphatic hydroxyl groups excluding tert-OH is 1. The van der Waals surface area contributed by atoms with E-state index in [0.717, 1.165) is 41.9 Å². The Morgan fingerprint density at radius 3 is 2.82 bits per heavy atom. The molecule has 5 nitrogen and oxygen atoms in total. The Morgan fingerprint density at radius 2 is 2.04 bits per heavy atom. The number of imidazole rings is 1. The van der Waals surface area contributed by atoms with Crippen LogP contribution in [0.15, 0.2) is 36.7 Å². The molecule has 2 N–H and O–H groups in total. The van der Waals surface area contributed by atoms with E-state index in [2.05, 4.69) is 20.9 Å². The zero-order valence-electron chi connectivity index (χ0n) is 15.8. The second-order valence-corrected chi connectivity index (χ2v) is 8.02. The number of halogens is 1. The molecule has 0 radical (unpaired) electrons. The average Bonchev–Trinajstić information content (AvgIpc) is 3.48. The predicted molar refractivity (Wildman–Crippen MR) is 107 cm³/mol. The Kier molecular flexibility index (Phi) is 4.51. The lowest BCUT2D eigenvalue weighted by atomic mass is 9.94. The monoisotopic (exact) mass is 380 g/mol. The molecule has 5 rings (SSSR count). The number of fused-ring (bicyclic) bond motifs is 1. The number of rotatable bonds is 5. The summed E-state index contributed by atoms with van der Waals surface area (Å²) >= 11 is 0. The molecule has 2 atom stereocenters. The molecule has 0 unspecified atom stereocenters. The molecular weight excluding hydrogens is 355 g/mol. The van der Waals surface area contributed by atoms with Crippen molar-refractivity contribution in [3.05, 3.63) is 47.8 Å². The third-order valence-corrected chi connectivity index (χ3v) is 5.98. The second kappa shape index (κ2) is 7.17. The smallest absolute Gasteiger partial charge is 0.137 e. The first-order valence-electron chi connectivity index (χ1n) is 10.2. The maximum absolute atomic E-state index is 14.2. The van der Waals surface area contributed by atoms with Gasteiger partial charge in [-0.1, -0.05) is 18.9 Å². The van der Waals surface area contributed by atoms with E-state index in [-0.39, 0.29) is 12.6 Å². The van der Waals surface area contributed by atoms with E-state index in [9.17, 15) is 9.50 Å². The van der Waals surface area contributed by atoms with E-state index < -0.39 is 6.17 Å². The number of hydrogen-bond acceptors (Lipinski definition) is 4.